The van der Waals surface area contributed by atoms with Gasteiger partial charge in [0.15, 0.2) is 5.82 Å². The van der Waals surface area contributed by atoms with Crippen LogP contribution in [-0.2, 0) is 7.05 Å². The molecule has 1 atom stereocenters. The first-order valence-electron chi connectivity index (χ1n) is 9.48. The van der Waals surface area contributed by atoms with Gasteiger partial charge in [0.05, 0.1) is 29.6 Å². The molecule has 0 aliphatic carbocycles. The molecule has 0 bridgehead atoms. The zero-order valence-corrected chi connectivity index (χ0v) is 18.9. The van der Waals surface area contributed by atoms with Crippen LogP contribution in [0.4, 0.5) is 5.82 Å². The van der Waals surface area contributed by atoms with Gasteiger partial charge in [0, 0.05) is 55.7 Å². The van der Waals surface area contributed by atoms with Crippen LogP contribution in [0.25, 0.3) is 16.8 Å². The highest BCUT2D eigenvalue weighted by Crippen LogP contribution is 2.26. The monoisotopic (exact) mass is 419 g/mol. The van der Waals surface area contributed by atoms with E-state index in [9.17, 15) is 0 Å². The Labute approximate surface area is 179 Å². The van der Waals surface area contributed by atoms with E-state index in [2.05, 4.69) is 52.7 Å². The Hall–Kier alpha value is -3.18. The summed E-state index contributed by atoms with van der Waals surface area (Å²) in [5, 5.41) is 4.29. The van der Waals surface area contributed by atoms with Crippen molar-refractivity contribution in [3.8, 4) is 11.3 Å². The van der Waals surface area contributed by atoms with Gasteiger partial charge in [0.2, 0.25) is 0 Å². The van der Waals surface area contributed by atoms with Crippen LogP contribution in [0.2, 0.25) is 0 Å². The molecule has 154 valence electrons. The standard InChI is InChI=1S/C22H26N7P/c1-15(2)22(19-8-9-26-29(19)5)16(3)28(4)14-21(30)27-20-7-6-17(12-25-20)18-13-23-10-11-24-18/h6-13H,1,14,30H2,2-5H3/b22-16+,27-21?. The average molecular weight is 419 g/mol. The fourth-order valence-electron chi connectivity index (χ4n) is 3.12. The van der Waals surface area contributed by atoms with Crippen molar-refractivity contribution in [2.24, 2.45) is 12.0 Å². The number of hydrogen-bond donors (Lipinski definition) is 0. The first-order valence-corrected chi connectivity index (χ1v) is 10.1. The fourth-order valence-corrected chi connectivity index (χ4v) is 3.52. The highest BCUT2D eigenvalue weighted by molar-refractivity contribution is 7.40. The zero-order chi connectivity index (χ0) is 21.7. The second-order valence-electron chi connectivity index (χ2n) is 7.04. The topological polar surface area (TPSA) is 72.1 Å². The van der Waals surface area contributed by atoms with Gasteiger partial charge in [-0.2, -0.15) is 5.10 Å². The summed E-state index contributed by atoms with van der Waals surface area (Å²) in [7, 11) is 6.68. The molecular weight excluding hydrogens is 393 g/mol. The van der Waals surface area contributed by atoms with Crippen molar-refractivity contribution in [1.29, 1.82) is 0 Å². The van der Waals surface area contributed by atoms with Gasteiger partial charge in [0.1, 0.15) is 0 Å². The van der Waals surface area contributed by atoms with Gasteiger partial charge in [-0.1, -0.05) is 15.8 Å². The second kappa shape index (κ2) is 9.55. The Morgan fingerprint density at radius 1 is 1.13 bits per heavy atom. The first kappa shape index (κ1) is 21.5. The lowest BCUT2D eigenvalue weighted by Crippen LogP contribution is -2.23. The Balaban J connectivity index is 1.77. The molecule has 3 heterocycles. The predicted molar refractivity (Wildman–Crippen MR) is 125 cm³/mol. The third-order valence-corrected chi connectivity index (χ3v) is 5.01. The van der Waals surface area contributed by atoms with Crippen molar-refractivity contribution in [3.63, 3.8) is 0 Å². The lowest BCUT2D eigenvalue weighted by atomic mass is 10.0. The predicted octanol–water partition coefficient (Wildman–Crippen LogP) is 4.12. The van der Waals surface area contributed by atoms with Gasteiger partial charge in [-0.05, 0) is 37.6 Å². The molecule has 3 rings (SSSR count). The number of aryl methyl sites for hydroxylation is 1. The molecule has 0 fully saturated rings. The maximum Gasteiger partial charge on any atom is 0.152 e. The van der Waals surface area contributed by atoms with E-state index in [0.717, 1.165) is 39.2 Å². The molecule has 1 unspecified atom stereocenters. The molecule has 30 heavy (non-hydrogen) atoms. The van der Waals surface area contributed by atoms with E-state index >= 15 is 0 Å². The summed E-state index contributed by atoms with van der Waals surface area (Å²) >= 11 is 0. The molecule has 0 N–H and O–H groups in total. The van der Waals surface area contributed by atoms with Crippen LogP contribution in [0.5, 0.6) is 0 Å². The summed E-state index contributed by atoms with van der Waals surface area (Å²) in [5.41, 5.74) is 6.79. The van der Waals surface area contributed by atoms with E-state index in [4.69, 9.17) is 0 Å². The molecule has 0 aliphatic rings. The maximum atomic E-state index is 4.63. The third-order valence-electron chi connectivity index (χ3n) is 4.70. The summed E-state index contributed by atoms with van der Waals surface area (Å²) in [6.45, 7) is 8.89. The van der Waals surface area contributed by atoms with Gasteiger partial charge in [-0.3, -0.25) is 14.6 Å². The minimum absolute atomic E-state index is 0.638. The van der Waals surface area contributed by atoms with Gasteiger partial charge in [-0.25, -0.2) is 9.98 Å². The maximum absolute atomic E-state index is 4.63. The lowest BCUT2D eigenvalue weighted by molar-refractivity contribution is 0.483. The highest BCUT2D eigenvalue weighted by Gasteiger charge is 2.14. The molecule has 0 spiro atoms. The van der Waals surface area contributed by atoms with E-state index in [1.54, 1.807) is 31.0 Å². The molecule has 8 heteroatoms. The Bertz CT molecular complexity index is 1080. The number of rotatable bonds is 7. The number of hydrogen-bond acceptors (Lipinski definition) is 6. The molecule has 0 radical (unpaired) electrons. The van der Waals surface area contributed by atoms with Crippen LogP contribution in [0.1, 0.15) is 19.5 Å². The van der Waals surface area contributed by atoms with Crippen LogP contribution in [0.3, 0.4) is 0 Å². The van der Waals surface area contributed by atoms with Crippen LogP contribution in [0, 0.1) is 0 Å². The molecule has 0 aliphatic heterocycles. The van der Waals surface area contributed by atoms with Crippen LogP contribution >= 0.6 is 9.24 Å². The molecular formula is C22H26N7P. The Morgan fingerprint density at radius 2 is 1.93 bits per heavy atom. The highest BCUT2D eigenvalue weighted by atomic mass is 31.0. The number of aliphatic imine (C=N–C) groups is 1. The molecule has 3 aromatic heterocycles. The minimum atomic E-state index is 0.638. The van der Waals surface area contributed by atoms with Crippen molar-refractivity contribution in [1.82, 2.24) is 29.6 Å². The zero-order valence-electron chi connectivity index (χ0n) is 17.7. The van der Waals surface area contributed by atoms with Gasteiger partial charge in [0.25, 0.3) is 0 Å². The molecule has 0 aromatic carbocycles. The van der Waals surface area contributed by atoms with Crippen molar-refractivity contribution in [2.45, 2.75) is 13.8 Å². The molecule has 0 saturated heterocycles. The smallest absolute Gasteiger partial charge is 0.152 e. The first-order chi connectivity index (χ1) is 14.4. The average Bonchev–Trinajstić information content (AvgIpc) is 3.14. The van der Waals surface area contributed by atoms with Crippen LogP contribution < -0.4 is 0 Å². The summed E-state index contributed by atoms with van der Waals surface area (Å²) in [6.07, 6.45) is 8.59. The van der Waals surface area contributed by atoms with Gasteiger partial charge >= 0.3 is 0 Å². The van der Waals surface area contributed by atoms with E-state index in [1.807, 2.05) is 43.9 Å². The van der Waals surface area contributed by atoms with E-state index in [-0.39, 0.29) is 0 Å². The van der Waals surface area contributed by atoms with Gasteiger partial charge < -0.3 is 4.90 Å². The summed E-state index contributed by atoms with van der Waals surface area (Å²) in [4.78, 5) is 19.6. The lowest BCUT2D eigenvalue weighted by Gasteiger charge is -2.24. The van der Waals surface area contributed by atoms with Crippen molar-refractivity contribution in [3.05, 3.63) is 72.7 Å². The normalized spacial score (nSPS) is 12.5. The molecule has 3 aromatic rings. The Morgan fingerprint density at radius 3 is 2.50 bits per heavy atom. The van der Waals surface area contributed by atoms with Crippen molar-refractivity contribution >= 4 is 26.1 Å². The summed E-state index contributed by atoms with van der Waals surface area (Å²) in [6, 6.07) is 5.83. The molecule has 7 nitrogen and oxygen atoms in total. The van der Waals surface area contributed by atoms with Crippen molar-refractivity contribution < 1.29 is 0 Å². The third kappa shape index (κ3) is 5.05. The van der Waals surface area contributed by atoms with Crippen LogP contribution in [0.15, 0.2) is 72.0 Å². The molecule has 0 saturated carbocycles. The fraction of sp³-hybridized carbons (Fsp3) is 0.227. The van der Waals surface area contributed by atoms with Crippen LogP contribution in [-0.4, -0.2) is 48.7 Å². The summed E-state index contributed by atoms with van der Waals surface area (Å²) in [5.74, 6) is 0.648. The Kier molecular flexibility index (Phi) is 6.85. The van der Waals surface area contributed by atoms with E-state index in [0.29, 0.717) is 12.4 Å². The number of pyridine rings is 1. The number of aromatic nitrogens is 5. The number of allylic oxidation sites excluding steroid dienone is 3. The summed E-state index contributed by atoms with van der Waals surface area (Å²) < 4.78 is 1.86. The number of nitrogens with zero attached hydrogens (tertiary/aromatic N) is 7. The van der Waals surface area contributed by atoms with E-state index < -0.39 is 0 Å². The van der Waals surface area contributed by atoms with Crippen molar-refractivity contribution in [2.75, 3.05) is 13.6 Å². The minimum Gasteiger partial charge on any atom is -0.372 e. The largest absolute Gasteiger partial charge is 0.372 e. The van der Waals surface area contributed by atoms with E-state index in [1.165, 1.54) is 0 Å². The second-order valence-corrected chi connectivity index (χ2v) is 7.70. The molecule has 0 amide bonds. The van der Waals surface area contributed by atoms with Gasteiger partial charge in [-0.15, -0.1) is 0 Å². The SMILES string of the molecule is C=C(C)/C(=C(/C)N(C)CC(P)=Nc1ccc(-c2cnccn2)cn1)c1ccnn1C. The quantitative estimate of drug-likeness (QED) is 0.327.